The fourth-order valence-corrected chi connectivity index (χ4v) is 3.18. The molecule has 0 spiro atoms. The Morgan fingerprint density at radius 1 is 1.35 bits per heavy atom. The summed E-state index contributed by atoms with van der Waals surface area (Å²) >= 11 is 0. The number of hydrogen-bond donors (Lipinski definition) is 1. The van der Waals surface area contributed by atoms with Crippen molar-refractivity contribution in [1.29, 1.82) is 0 Å². The Hall–Kier alpha value is -1.85. The maximum absolute atomic E-state index is 5.08. The van der Waals surface area contributed by atoms with Crippen molar-refractivity contribution in [1.82, 2.24) is 14.7 Å². The second kappa shape index (κ2) is 7.62. The van der Waals surface area contributed by atoms with Crippen LogP contribution in [0, 0.1) is 0 Å². The van der Waals surface area contributed by atoms with Crippen molar-refractivity contribution in [3.05, 3.63) is 48.3 Å². The minimum atomic E-state index is 0.465. The van der Waals surface area contributed by atoms with Gasteiger partial charge in [-0.2, -0.15) is 5.10 Å². The van der Waals surface area contributed by atoms with Crippen molar-refractivity contribution in [2.45, 2.75) is 32.0 Å². The van der Waals surface area contributed by atoms with Gasteiger partial charge in [0.1, 0.15) is 0 Å². The van der Waals surface area contributed by atoms with Gasteiger partial charge in [-0.25, -0.2) is 0 Å². The Morgan fingerprint density at radius 3 is 2.96 bits per heavy atom. The third-order valence-corrected chi connectivity index (χ3v) is 4.58. The Balaban J connectivity index is 1.52. The second-order valence-corrected chi connectivity index (χ2v) is 6.20. The van der Waals surface area contributed by atoms with Crippen molar-refractivity contribution >= 4 is 5.69 Å². The molecule has 3 rings (SSSR count). The zero-order valence-corrected chi connectivity index (χ0v) is 14.0. The quantitative estimate of drug-likeness (QED) is 0.853. The number of ether oxygens (including phenoxy) is 1. The average molecular weight is 314 g/mol. The zero-order valence-electron chi connectivity index (χ0n) is 14.0. The van der Waals surface area contributed by atoms with E-state index in [2.05, 4.69) is 58.8 Å². The van der Waals surface area contributed by atoms with Gasteiger partial charge in [0.05, 0.1) is 25.0 Å². The Kier molecular flexibility index (Phi) is 5.31. The van der Waals surface area contributed by atoms with E-state index < -0.39 is 0 Å². The SMILES string of the molecule is COCCn1cc(N[C@@H]2CCN([C@@H](C)c3ccccc3)C2)cn1. The summed E-state index contributed by atoms with van der Waals surface area (Å²) in [6.07, 6.45) is 5.13. The number of anilines is 1. The van der Waals surface area contributed by atoms with Crippen LogP contribution in [0.15, 0.2) is 42.7 Å². The molecule has 1 aliphatic rings. The van der Waals surface area contributed by atoms with Crippen molar-refractivity contribution < 1.29 is 4.74 Å². The smallest absolute Gasteiger partial charge is 0.0729 e. The molecular weight excluding hydrogens is 288 g/mol. The summed E-state index contributed by atoms with van der Waals surface area (Å²) in [6.45, 7) is 5.97. The van der Waals surface area contributed by atoms with E-state index in [0.29, 0.717) is 18.7 Å². The molecule has 23 heavy (non-hydrogen) atoms. The van der Waals surface area contributed by atoms with Crippen LogP contribution < -0.4 is 5.32 Å². The number of methoxy groups -OCH3 is 1. The minimum absolute atomic E-state index is 0.465. The van der Waals surface area contributed by atoms with Gasteiger partial charge in [-0.3, -0.25) is 9.58 Å². The molecule has 1 aromatic heterocycles. The lowest BCUT2D eigenvalue weighted by Gasteiger charge is -2.24. The van der Waals surface area contributed by atoms with E-state index in [1.54, 1.807) is 7.11 Å². The molecule has 124 valence electrons. The first kappa shape index (κ1) is 16.0. The van der Waals surface area contributed by atoms with Gasteiger partial charge in [-0.05, 0) is 18.9 Å². The highest BCUT2D eigenvalue weighted by atomic mass is 16.5. The van der Waals surface area contributed by atoms with Crippen LogP contribution in [0.25, 0.3) is 0 Å². The summed E-state index contributed by atoms with van der Waals surface area (Å²) in [5, 5.41) is 7.97. The van der Waals surface area contributed by atoms with Gasteiger partial charge < -0.3 is 10.1 Å². The van der Waals surface area contributed by atoms with Crippen LogP contribution in [0.5, 0.6) is 0 Å². The van der Waals surface area contributed by atoms with E-state index in [0.717, 1.165) is 25.3 Å². The van der Waals surface area contributed by atoms with Gasteiger partial charge in [-0.15, -0.1) is 0 Å². The molecule has 0 saturated carbocycles. The van der Waals surface area contributed by atoms with E-state index in [-0.39, 0.29) is 0 Å². The van der Waals surface area contributed by atoms with E-state index in [1.807, 2.05) is 10.9 Å². The van der Waals surface area contributed by atoms with Crippen LogP contribution in [0.4, 0.5) is 5.69 Å². The van der Waals surface area contributed by atoms with E-state index in [1.165, 1.54) is 12.0 Å². The van der Waals surface area contributed by atoms with Gasteiger partial charge in [0, 0.05) is 38.5 Å². The maximum Gasteiger partial charge on any atom is 0.0729 e. The molecule has 0 aliphatic carbocycles. The maximum atomic E-state index is 5.08. The van der Waals surface area contributed by atoms with Gasteiger partial charge in [0.25, 0.3) is 0 Å². The number of nitrogens with zero attached hydrogens (tertiary/aromatic N) is 3. The van der Waals surface area contributed by atoms with Crippen LogP contribution in [-0.2, 0) is 11.3 Å². The molecule has 1 aromatic carbocycles. The van der Waals surface area contributed by atoms with Crippen molar-refractivity contribution in [3.8, 4) is 0 Å². The fraction of sp³-hybridized carbons (Fsp3) is 0.500. The number of aromatic nitrogens is 2. The number of rotatable bonds is 7. The first-order valence-electron chi connectivity index (χ1n) is 8.33. The van der Waals surface area contributed by atoms with Crippen molar-refractivity contribution in [2.75, 3.05) is 32.1 Å². The Labute approximate surface area is 138 Å². The summed E-state index contributed by atoms with van der Waals surface area (Å²) in [4.78, 5) is 2.54. The molecule has 2 heterocycles. The minimum Gasteiger partial charge on any atom is -0.383 e. The highest BCUT2D eigenvalue weighted by molar-refractivity contribution is 5.39. The predicted molar refractivity (Wildman–Crippen MR) is 92.6 cm³/mol. The third kappa shape index (κ3) is 4.12. The highest BCUT2D eigenvalue weighted by Crippen LogP contribution is 2.25. The van der Waals surface area contributed by atoms with Gasteiger partial charge >= 0.3 is 0 Å². The lowest BCUT2D eigenvalue weighted by Crippen LogP contribution is -2.28. The fourth-order valence-electron chi connectivity index (χ4n) is 3.18. The summed E-state index contributed by atoms with van der Waals surface area (Å²) in [7, 11) is 1.71. The molecule has 5 heteroatoms. The molecule has 1 saturated heterocycles. The average Bonchev–Trinajstić information content (AvgIpc) is 3.23. The highest BCUT2D eigenvalue weighted by Gasteiger charge is 2.26. The molecule has 0 bridgehead atoms. The van der Waals surface area contributed by atoms with Crippen LogP contribution >= 0.6 is 0 Å². The molecular formula is C18H26N4O. The van der Waals surface area contributed by atoms with Crippen LogP contribution in [-0.4, -0.2) is 47.5 Å². The van der Waals surface area contributed by atoms with Gasteiger partial charge in [-0.1, -0.05) is 30.3 Å². The molecule has 1 fully saturated rings. The third-order valence-electron chi connectivity index (χ3n) is 4.58. The largest absolute Gasteiger partial charge is 0.383 e. The molecule has 0 amide bonds. The number of benzene rings is 1. The monoisotopic (exact) mass is 314 g/mol. The first-order valence-corrected chi connectivity index (χ1v) is 8.33. The van der Waals surface area contributed by atoms with Crippen LogP contribution in [0.3, 0.4) is 0 Å². The predicted octanol–water partition coefficient (Wildman–Crippen LogP) is 2.78. The lowest BCUT2D eigenvalue weighted by atomic mass is 10.1. The van der Waals surface area contributed by atoms with Gasteiger partial charge in [0.15, 0.2) is 0 Å². The lowest BCUT2D eigenvalue weighted by molar-refractivity contribution is 0.183. The zero-order chi connectivity index (χ0) is 16.1. The standard InChI is InChI=1S/C18H26N4O/c1-15(16-6-4-3-5-7-16)21-9-8-17(13-21)20-18-12-19-22(14-18)10-11-23-2/h3-7,12,14-15,17,20H,8-11,13H2,1-2H3/t15-,17+/m0/s1. The van der Waals surface area contributed by atoms with Gasteiger partial charge in [0.2, 0.25) is 0 Å². The summed E-state index contributed by atoms with van der Waals surface area (Å²) < 4.78 is 7.00. The number of hydrogen-bond acceptors (Lipinski definition) is 4. The first-order chi connectivity index (χ1) is 11.3. The molecule has 1 N–H and O–H groups in total. The van der Waals surface area contributed by atoms with Crippen LogP contribution in [0.1, 0.15) is 24.9 Å². The number of nitrogens with one attached hydrogen (secondary N) is 1. The van der Waals surface area contributed by atoms with Crippen molar-refractivity contribution in [2.24, 2.45) is 0 Å². The molecule has 0 radical (unpaired) electrons. The van der Waals surface area contributed by atoms with E-state index >= 15 is 0 Å². The summed E-state index contributed by atoms with van der Waals surface area (Å²) in [5.74, 6) is 0. The molecule has 2 aromatic rings. The molecule has 0 unspecified atom stereocenters. The molecule has 2 atom stereocenters. The molecule has 1 aliphatic heterocycles. The summed E-state index contributed by atoms with van der Waals surface area (Å²) in [6, 6.07) is 11.7. The number of likely N-dealkylation sites (tertiary alicyclic amines) is 1. The summed E-state index contributed by atoms with van der Waals surface area (Å²) in [5.41, 5.74) is 2.49. The Morgan fingerprint density at radius 2 is 2.17 bits per heavy atom. The second-order valence-electron chi connectivity index (χ2n) is 6.20. The Bertz CT molecular complexity index is 598. The topological polar surface area (TPSA) is 42.3 Å². The van der Waals surface area contributed by atoms with E-state index in [4.69, 9.17) is 4.74 Å². The molecule has 5 nitrogen and oxygen atoms in total. The normalized spacial score (nSPS) is 19.8. The van der Waals surface area contributed by atoms with Crippen molar-refractivity contribution in [3.63, 3.8) is 0 Å². The van der Waals surface area contributed by atoms with Crippen LogP contribution in [0.2, 0.25) is 0 Å². The van der Waals surface area contributed by atoms with E-state index in [9.17, 15) is 0 Å².